The van der Waals surface area contributed by atoms with Gasteiger partial charge in [-0.05, 0) is 24.3 Å². The van der Waals surface area contributed by atoms with Crippen LogP contribution in [0.25, 0.3) is 0 Å². The van der Waals surface area contributed by atoms with E-state index in [1.54, 1.807) is 0 Å². The summed E-state index contributed by atoms with van der Waals surface area (Å²) in [6.07, 6.45) is 0. The molecule has 0 unspecified atom stereocenters. The lowest BCUT2D eigenvalue weighted by Gasteiger charge is -1.94. The molecule has 0 aliphatic heterocycles. The predicted molar refractivity (Wildman–Crippen MR) is 48.5 cm³/mol. The van der Waals surface area contributed by atoms with E-state index in [9.17, 15) is 9.18 Å². The molecule has 0 saturated heterocycles. The van der Waals surface area contributed by atoms with E-state index in [2.05, 4.69) is 14.7 Å². The molecular formula is C9H6FN3O2. The molecule has 2 N–H and O–H groups in total. The first-order valence-electron chi connectivity index (χ1n) is 4.06. The average Bonchev–Trinajstić information content (AvgIpc) is 2.65. The van der Waals surface area contributed by atoms with Crippen LogP contribution in [0.3, 0.4) is 0 Å². The zero-order valence-corrected chi connectivity index (χ0v) is 7.48. The van der Waals surface area contributed by atoms with Gasteiger partial charge in [0.1, 0.15) is 5.82 Å². The van der Waals surface area contributed by atoms with E-state index in [-0.39, 0.29) is 17.4 Å². The van der Waals surface area contributed by atoms with Gasteiger partial charge >= 0.3 is 6.01 Å². The van der Waals surface area contributed by atoms with Crippen LogP contribution in [-0.4, -0.2) is 15.9 Å². The number of hydrogen-bond donors (Lipinski definition) is 1. The van der Waals surface area contributed by atoms with E-state index < -0.39 is 11.6 Å². The Balaban J connectivity index is 2.32. The number of halogens is 1. The number of carbonyl (C=O) groups excluding carboxylic acids is 1. The Kier molecular flexibility index (Phi) is 2.17. The Morgan fingerprint density at radius 2 is 2.00 bits per heavy atom. The van der Waals surface area contributed by atoms with Crippen LogP contribution < -0.4 is 5.73 Å². The molecule has 1 heterocycles. The Morgan fingerprint density at radius 1 is 1.33 bits per heavy atom. The summed E-state index contributed by atoms with van der Waals surface area (Å²) in [6, 6.07) is 4.85. The van der Waals surface area contributed by atoms with E-state index in [0.29, 0.717) is 0 Å². The second-order valence-corrected chi connectivity index (χ2v) is 2.79. The molecular weight excluding hydrogens is 201 g/mol. The topological polar surface area (TPSA) is 82.0 Å². The van der Waals surface area contributed by atoms with Gasteiger partial charge in [-0.25, -0.2) is 4.39 Å². The Morgan fingerprint density at radius 3 is 2.53 bits per heavy atom. The highest BCUT2D eigenvalue weighted by molar-refractivity contribution is 6.06. The number of aromatic nitrogens is 2. The molecule has 0 aliphatic carbocycles. The summed E-state index contributed by atoms with van der Waals surface area (Å²) in [5.74, 6) is -1.02. The number of nitrogens with zero attached hydrogens (tertiary/aromatic N) is 2. The number of rotatable bonds is 2. The van der Waals surface area contributed by atoms with Crippen molar-refractivity contribution in [3.63, 3.8) is 0 Å². The third-order valence-electron chi connectivity index (χ3n) is 1.75. The molecule has 0 atom stereocenters. The molecule has 0 fully saturated rings. The quantitative estimate of drug-likeness (QED) is 0.743. The average molecular weight is 207 g/mol. The third-order valence-corrected chi connectivity index (χ3v) is 1.75. The molecule has 2 aromatic rings. The van der Waals surface area contributed by atoms with Crippen molar-refractivity contribution in [1.29, 1.82) is 0 Å². The molecule has 1 aromatic heterocycles. The molecule has 2 rings (SSSR count). The second kappa shape index (κ2) is 3.49. The van der Waals surface area contributed by atoms with Crippen LogP contribution in [0.4, 0.5) is 10.4 Å². The molecule has 0 bridgehead atoms. The first kappa shape index (κ1) is 9.32. The van der Waals surface area contributed by atoms with Gasteiger partial charge in [-0.1, -0.05) is 5.16 Å². The molecule has 1 aromatic carbocycles. The molecule has 0 spiro atoms. The van der Waals surface area contributed by atoms with Crippen molar-refractivity contribution in [3.05, 3.63) is 41.5 Å². The summed E-state index contributed by atoms with van der Waals surface area (Å²) in [5, 5.41) is 3.36. The van der Waals surface area contributed by atoms with E-state index in [0.717, 1.165) is 0 Å². The van der Waals surface area contributed by atoms with Crippen molar-refractivity contribution in [2.75, 3.05) is 5.73 Å². The fourth-order valence-corrected chi connectivity index (χ4v) is 1.06. The standard InChI is InChI=1S/C9H6FN3O2/c10-6-3-1-5(2-4-6)7(14)8-12-9(11)15-13-8/h1-4H,(H2,11,12,13). The van der Waals surface area contributed by atoms with Crippen molar-refractivity contribution in [1.82, 2.24) is 10.1 Å². The van der Waals surface area contributed by atoms with Gasteiger partial charge in [0.05, 0.1) is 0 Å². The van der Waals surface area contributed by atoms with Crippen molar-refractivity contribution in [2.45, 2.75) is 0 Å². The summed E-state index contributed by atoms with van der Waals surface area (Å²) >= 11 is 0. The highest BCUT2D eigenvalue weighted by atomic mass is 19.1. The molecule has 0 amide bonds. The number of hydrogen-bond acceptors (Lipinski definition) is 5. The summed E-state index contributed by atoms with van der Waals surface area (Å²) in [6.45, 7) is 0. The maximum absolute atomic E-state index is 12.6. The zero-order chi connectivity index (χ0) is 10.8. The van der Waals surface area contributed by atoms with Gasteiger partial charge in [0.15, 0.2) is 0 Å². The summed E-state index contributed by atoms with van der Waals surface area (Å²) in [4.78, 5) is 15.2. The van der Waals surface area contributed by atoms with Gasteiger partial charge < -0.3 is 10.3 Å². The minimum absolute atomic E-state index is 0.140. The highest BCUT2D eigenvalue weighted by Gasteiger charge is 2.15. The summed E-state index contributed by atoms with van der Waals surface area (Å²) in [7, 11) is 0. The van der Waals surface area contributed by atoms with E-state index in [1.165, 1.54) is 24.3 Å². The maximum atomic E-state index is 12.6. The molecule has 0 aliphatic rings. The zero-order valence-electron chi connectivity index (χ0n) is 7.48. The van der Waals surface area contributed by atoms with E-state index >= 15 is 0 Å². The molecule has 76 valence electrons. The van der Waals surface area contributed by atoms with Crippen LogP contribution >= 0.6 is 0 Å². The summed E-state index contributed by atoms with van der Waals surface area (Å²) < 4.78 is 17.0. The fourth-order valence-electron chi connectivity index (χ4n) is 1.06. The predicted octanol–water partition coefficient (Wildman–Crippen LogP) is 1.02. The van der Waals surface area contributed by atoms with Crippen molar-refractivity contribution >= 4 is 11.8 Å². The molecule has 5 nitrogen and oxygen atoms in total. The smallest absolute Gasteiger partial charge is 0.319 e. The van der Waals surface area contributed by atoms with E-state index in [1.807, 2.05) is 0 Å². The van der Waals surface area contributed by atoms with Crippen LogP contribution in [-0.2, 0) is 0 Å². The van der Waals surface area contributed by atoms with Crippen molar-refractivity contribution in [3.8, 4) is 0 Å². The first-order chi connectivity index (χ1) is 7.16. The monoisotopic (exact) mass is 207 g/mol. The number of ketones is 1. The van der Waals surface area contributed by atoms with Gasteiger partial charge in [-0.15, -0.1) is 0 Å². The SMILES string of the molecule is Nc1nc(C(=O)c2ccc(F)cc2)no1. The Labute approximate surface area is 83.7 Å². The largest absolute Gasteiger partial charge is 0.351 e. The van der Waals surface area contributed by atoms with Crippen molar-refractivity contribution < 1.29 is 13.7 Å². The number of carbonyl (C=O) groups is 1. The Bertz CT molecular complexity index is 492. The molecule has 0 radical (unpaired) electrons. The van der Waals surface area contributed by atoms with Crippen LogP contribution in [0.2, 0.25) is 0 Å². The van der Waals surface area contributed by atoms with Gasteiger partial charge in [0.25, 0.3) is 0 Å². The number of nitrogen functional groups attached to an aromatic ring is 1. The first-order valence-corrected chi connectivity index (χ1v) is 4.06. The lowest BCUT2D eigenvalue weighted by molar-refractivity contribution is 0.102. The van der Waals surface area contributed by atoms with Crippen LogP contribution in [0.15, 0.2) is 28.8 Å². The van der Waals surface area contributed by atoms with Crippen LogP contribution in [0.1, 0.15) is 16.2 Å². The second-order valence-electron chi connectivity index (χ2n) is 2.79. The minimum atomic E-state index is -0.463. The van der Waals surface area contributed by atoms with E-state index in [4.69, 9.17) is 5.73 Å². The number of anilines is 1. The lowest BCUT2D eigenvalue weighted by atomic mass is 10.1. The van der Waals surface area contributed by atoms with Crippen molar-refractivity contribution in [2.24, 2.45) is 0 Å². The fraction of sp³-hybridized carbons (Fsp3) is 0. The number of nitrogens with two attached hydrogens (primary N) is 1. The highest BCUT2D eigenvalue weighted by Crippen LogP contribution is 2.08. The minimum Gasteiger partial charge on any atom is -0.351 e. The van der Waals surface area contributed by atoms with Gasteiger partial charge in [0.2, 0.25) is 11.6 Å². The lowest BCUT2D eigenvalue weighted by Crippen LogP contribution is -2.03. The number of benzene rings is 1. The Hall–Kier alpha value is -2.24. The normalized spacial score (nSPS) is 10.2. The molecule has 15 heavy (non-hydrogen) atoms. The van der Waals surface area contributed by atoms with Crippen LogP contribution in [0.5, 0.6) is 0 Å². The van der Waals surface area contributed by atoms with Gasteiger partial charge in [-0.2, -0.15) is 4.98 Å². The van der Waals surface area contributed by atoms with Gasteiger partial charge in [0, 0.05) is 5.56 Å². The van der Waals surface area contributed by atoms with Gasteiger partial charge in [-0.3, -0.25) is 4.79 Å². The maximum Gasteiger partial charge on any atom is 0.319 e. The summed E-state index contributed by atoms with van der Waals surface area (Å²) in [5.41, 5.74) is 5.44. The molecule has 0 saturated carbocycles. The van der Waals surface area contributed by atoms with Crippen LogP contribution in [0, 0.1) is 5.82 Å². The third kappa shape index (κ3) is 1.83. The molecule has 6 heteroatoms.